The fourth-order valence-corrected chi connectivity index (χ4v) is 5.76. The maximum absolute atomic E-state index is 13.3. The molecule has 1 N–H and O–H groups in total. The van der Waals surface area contributed by atoms with Crippen LogP contribution in [0.1, 0.15) is 24.3 Å². The second kappa shape index (κ2) is 6.08. The molecular weight excluding hydrogens is 380 g/mol. The van der Waals surface area contributed by atoms with Crippen LogP contribution in [-0.2, 0) is 0 Å². The first-order valence-electron chi connectivity index (χ1n) is 8.51. The Morgan fingerprint density at radius 3 is 2.69 bits per heavy atom. The number of aromatic amines is 1. The molecular formula is C20H16N2OS3. The summed E-state index contributed by atoms with van der Waals surface area (Å²) in [5, 5.41) is 5.05. The van der Waals surface area contributed by atoms with Gasteiger partial charge in [-0.15, -0.1) is 23.1 Å². The van der Waals surface area contributed by atoms with Crippen molar-refractivity contribution in [1.29, 1.82) is 0 Å². The summed E-state index contributed by atoms with van der Waals surface area (Å²) in [5.74, 6) is 0.655. The third kappa shape index (κ3) is 2.40. The number of thioether (sulfide) groups is 1. The van der Waals surface area contributed by atoms with Crippen LogP contribution in [0.3, 0.4) is 0 Å². The van der Waals surface area contributed by atoms with Crippen LogP contribution in [0, 0.1) is 4.77 Å². The summed E-state index contributed by atoms with van der Waals surface area (Å²) in [5.41, 5.74) is 2.20. The number of rotatable bonds is 3. The SMILES string of the molecule is CSc1csc2[nH]c(=S)n(-c3ccc(C4CC4)c4ccccc34)c(=O)c12. The van der Waals surface area contributed by atoms with E-state index in [2.05, 4.69) is 35.3 Å². The summed E-state index contributed by atoms with van der Waals surface area (Å²) in [4.78, 5) is 18.4. The summed E-state index contributed by atoms with van der Waals surface area (Å²) < 4.78 is 2.10. The van der Waals surface area contributed by atoms with Gasteiger partial charge in [-0.1, -0.05) is 30.3 Å². The van der Waals surface area contributed by atoms with Gasteiger partial charge in [0.25, 0.3) is 5.56 Å². The van der Waals surface area contributed by atoms with Crippen molar-refractivity contribution in [1.82, 2.24) is 9.55 Å². The van der Waals surface area contributed by atoms with Gasteiger partial charge in [0.1, 0.15) is 4.83 Å². The lowest BCUT2D eigenvalue weighted by Gasteiger charge is -2.13. The number of nitrogens with zero attached hydrogens (tertiary/aromatic N) is 1. The summed E-state index contributed by atoms with van der Waals surface area (Å²) in [6.45, 7) is 0. The minimum atomic E-state index is -0.0429. The standard InChI is InChI=1S/C20H16N2OS3/c1-25-16-10-26-18-17(16)19(23)22(20(24)21-18)15-9-8-12(11-6-7-11)13-4-2-3-5-14(13)15/h2-5,8-11H,6-7H2,1H3,(H,21,24). The highest BCUT2D eigenvalue weighted by molar-refractivity contribution is 7.99. The smallest absolute Gasteiger partial charge is 0.268 e. The van der Waals surface area contributed by atoms with Gasteiger partial charge in [-0.05, 0) is 54.2 Å². The van der Waals surface area contributed by atoms with Crippen LogP contribution in [0.5, 0.6) is 0 Å². The van der Waals surface area contributed by atoms with E-state index in [1.165, 1.54) is 35.1 Å². The Morgan fingerprint density at radius 2 is 1.96 bits per heavy atom. The van der Waals surface area contributed by atoms with Crippen LogP contribution in [0.15, 0.2) is 51.5 Å². The van der Waals surface area contributed by atoms with E-state index in [-0.39, 0.29) is 5.56 Å². The van der Waals surface area contributed by atoms with E-state index in [0.717, 1.165) is 26.2 Å². The molecule has 0 saturated heterocycles. The fourth-order valence-electron chi connectivity index (χ4n) is 3.61. The Kier molecular flexibility index (Phi) is 3.81. The van der Waals surface area contributed by atoms with Gasteiger partial charge >= 0.3 is 0 Å². The van der Waals surface area contributed by atoms with Gasteiger partial charge in [0.2, 0.25) is 0 Å². The van der Waals surface area contributed by atoms with E-state index in [4.69, 9.17) is 12.2 Å². The third-order valence-electron chi connectivity index (χ3n) is 5.01. The highest BCUT2D eigenvalue weighted by Crippen LogP contribution is 2.44. The Bertz CT molecular complexity index is 1280. The van der Waals surface area contributed by atoms with E-state index in [0.29, 0.717) is 10.7 Å². The number of hydrogen-bond donors (Lipinski definition) is 1. The number of H-pyrrole nitrogens is 1. The van der Waals surface area contributed by atoms with Gasteiger partial charge in [0.05, 0.1) is 11.1 Å². The van der Waals surface area contributed by atoms with Gasteiger partial charge in [0, 0.05) is 15.7 Å². The number of benzene rings is 2. The van der Waals surface area contributed by atoms with Crippen molar-refractivity contribution in [3.8, 4) is 5.69 Å². The molecule has 3 nitrogen and oxygen atoms in total. The first kappa shape index (κ1) is 16.3. The summed E-state index contributed by atoms with van der Waals surface area (Å²) >= 11 is 8.68. The quantitative estimate of drug-likeness (QED) is 0.348. The van der Waals surface area contributed by atoms with Gasteiger partial charge in [0.15, 0.2) is 4.77 Å². The molecule has 2 aromatic heterocycles. The lowest BCUT2D eigenvalue weighted by molar-refractivity contribution is 0.947. The Labute approximate surface area is 163 Å². The molecule has 0 atom stereocenters. The van der Waals surface area contributed by atoms with Crippen molar-refractivity contribution >= 4 is 56.3 Å². The van der Waals surface area contributed by atoms with E-state index in [1.807, 2.05) is 17.7 Å². The molecule has 0 bridgehead atoms. The molecule has 2 heterocycles. The molecule has 1 aliphatic carbocycles. The zero-order chi connectivity index (χ0) is 17.8. The van der Waals surface area contributed by atoms with Crippen molar-refractivity contribution in [2.24, 2.45) is 0 Å². The van der Waals surface area contributed by atoms with Crippen LogP contribution < -0.4 is 5.56 Å². The molecule has 0 aliphatic heterocycles. The molecule has 0 unspecified atom stereocenters. The molecule has 2 aromatic carbocycles. The van der Waals surface area contributed by atoms with Crippen LogP contribution in [-0.4, -0.2) is 15.8 Å². The fraction of sp³-hybridized carbons (Fsp3) is 0.200. The molecule has 26 heavy (non-hydrogen) atoms. The van der Waals surface area contributed by atoms with Gasteiger partial charge < -0.3 is 4.98 Å². The maximum Gasteiger partial charge on any atom is 0.268 e. The molecule has 1 saturated carbocycles. The van der Waals surface area contributed by atoms with Gasteiger partial charge in [-0.2, -0.15) is 0 Å². The Morgan fingerprint density at radius 1 is 1.19 bits per heavy atom. The minimum absolute atomic E-state index is 0.0429. The second-order valence-electron chi connectivity index (χ2n) is 6.57. The normalized spacial score (nSPS) is 14.3. The molecule has 6 heteroatoms. The Hall–Kier alpha value is -1.89. The van der Waals surface area contributed by atoms with Crippen molar-refractivity contribution in [3.05, 3.63) is 62.5 Å². The first-order valence-corrected chi connectivity index (χ1v) is 11.0. The van der Waals surface area contributed by atoms with Crippen molar-refractivity contribution in [2.75, 3.05) is 6.26 Å². The van der Waals surface area contributed by atoms with Crippen LogP contribution in [0.2, 0.25) is 0 Å². The molecule has 130 valence electrons. The molecule has 1 aliphatic rings. The van der Waals surface area contributed by atoms with E-state index < -0.39 is 0 Å². The number of thiophene rings is 1. The zero-order valence-corrected chi connectivity index (χ0v) is 16.6. The topological polar surface area (TPSA) is 37.8 Å². The predicted molar refractivity (Wildman–Crippen MR) is 114 cm³/mol. The minimum Gasteiger partial charge on any atom is -0.323 e. The number of fused-ring (bicyclic) bond motifs is 2. The monoisotopic (exact) mass is 396 g/mol. The first-order chi connectivity index (χ1) is 12.7. The summed E-state index contributed by atoms with van der Waals surface area (Å²) in [7, 11) is 0. The summed E-state index contributed by atoms with van der Waals surface area (Å²) in [6, 6.07) is 12.6. The summed E-state index contributed by atoms with van der Waals surface area (Å²) in [6.07, 6.45) is 4.50. The molecule has 4 aromatic rings. The maximum atomic E-state index is 13.3. The average molecular weight is 397 g/mol. The predicted octanol–water partition coefficient (Wildman–Crippen LogP) is 5.86. The van der Waals surface area contributed by atoms with E-state index in [1.54, 1.807) is 16.3 Å². The van der Waals surface area contributed by atoms with Crippen LogP contribution in [0.4, 0.5) is 0 Å². The van der Waals surface area contributed by atoms with Crippen molar-refractivity contribution < 1.29 is 0 Å². The highest BCUT2D eigenvalue weighted by Gasteiger charge is 2.26. The lowest BCUT2D eigenvalue weighted by Crippen LogP contribution is -2.20. The highest BCUT2D eigenvalue weighted by atomic mass is 32.2. The number of nitrogens with one attached hydrogen (secondary N) is 1. The average Bonchev–Trinajstić information content (AvgIpc) is 3.41. The lowest BCUT2D eigenvalue weighted by atomic mass is 9.99. The largest absolute Gasteiger partial charge is 0.323 e. The molecule has 0 amide bonds. The van der Waals surface area contributed by atoms with Gasteiger partial charge in [-0.25, -0.2) is 0 Å². The van der Waals surface area contributed by atoms with Crippen molar-refractivity contribution in [3.63, 3.8) is 0 Å². The Balaban J connectivity index is 1.88. The van der Waals surface area contributed by atoms with E-state index in [9.17, 15) is 4.79 Å². The molecule has 1 fully saturated rings. The van der Waals surface area contributed by atoms with Gasteiger partial charge in [-0.3, -0.25) is 9.36 Å². The molecule has 0 spiro atoms. The molecule has 0 radical (unpaired) electrons. The van der Waals surface area contributed by atoms with Crippen LogP contribution >= 0.6 is 35.3 Å². The van der Waals surface area contributed by atoms with E-state index >= 15 is 0 Å². The van der Waals surface area contributed by atoms with Crippen LogP contribution in [0.25, 0.3) is 26.7 Å². The zero-order valence-electron chi connectivity index (χ0n) is 14.1. The third-order valence-corrected chi connectivity index (χ3v) is 7.10. The number of aromatic nitrogens is 2. The second-order valence-corrected chi connectivity index (χ2v) is 8.69. The van der Waals surface area contributed by atoms with Crippen molar-refractivity contribution in [2.45, 2.75) is 23.7 Å². The molecule has 5 rings (SSSR count). The number of hydrogen-bond acceptors (Lipinski definition) is 4.